The first-order valence-corrected chi connectivity index (χ1v) is 11.5. The summed E-state index contributed by atoms with van der Waals surface area (Å²) in [5.41, 5.74) is 2.18. The molecule has 4 rings (SSSR count). The molecule has 3 aromatic rings. The summed E-state index contributed by atoms with van der Waals surface area (Å²) in [6.45, 7) is 0. The van der Waals surface area contributed by atoms with Crippen LogP contribution in [0, 0.1) is 0 Å². The molecule has 7 nitrogen and oxygen atoms in total. The Hall–Kier alpha value is -3.71. The van der Waals surface area contributed by atoms with Gasteiger partial charge in [-0.2, -0.15) is 0 Å². The number of carboxylic acid groups (broad SMARTS) is 1. The molecule has 0 bridgehead atoms. The van der Waals surface area contributed by atoms with Gasteiger partial charge in [0, 0.05) is 10.6 Å². The average Bonchev–Trinajstić information content (AvgIpc) is 3.33. The van der Waals surface area contributed by atoms with E-state index in [1.807, 2.05) is 42.5 Å². The fraction of sp³-hybridized carbons (Fsp3) is 0.259. The highest BCUT2D eigenvalue weighted by molar-refractivity contribution is 6.31. The van der Waals surface area contributed by atoms with E-state index in [2.05, 4.69) is 0 Å². The van der Waals surface area contributed by atoms with Crippen LogP contribution >= 0.6 is 11.6 Å². The molecule has 0 saturated carbocycles. The van der Waals surface area contributed by atoms with Crippen LogP contribution in [0.1, 0.15) is 34.8 Å². The second-order valence-corrected chi connectivity index (χ2v) is 8.52. The number of carboxylic acids is 1. The van der Waals surface area contributed by atoms with Crippen molar-refractivity contribution >= 4 is 23.5 Å². The van der Waals surface area contributed by atoms with E-state index >= 15 is 0 Å². The minimum atomic E-state index is -1.08. The van der Waals surface area contributed by atoms with Crippen LogP contribution in [-0.4, -0.2) is 49.3 Å². The van der Waals surface area contributed by atoms with Crippen LogP contribution < -0.4 is 14.2 Å². The number of benzene rings is 3. The van der Waals surface area contributed by atoms with Gasteiger partial charge in [-0.15, -0.1) is 0 Å². The molecule has 1 amide bonds. The molecule has 182 valence electrons. The lowest BCUT2D eigenvalue weighted by Crippen LogP contribution is -2.42. The van der Waals surface area contributed by atoms with Crippen molar-refractivity contribution in [3.63, 3.8) is 0 Å². The Morgan fingerprint density at radius 1 is 0.914 bits per heavy atom. The molecular weight excluding hydrogens is 470 g/mol. The number of carbonyl (C=O) groups is 2. The number of likely N-dealkylation sites (tertiary alicyclic amines) is 1. The molecule has 1 heterocycles. The largest absolute Gasteiger partial charge is 0.493 e. The van der Waals surface area contributed by atoms with Crippen LogP contribution in [0.15, 0.2) is 60.7 Å². The summed E-state index contributed by atoms with van der Waals surface area (Å²) >= 11 is 6.47. The van der Waals surface area contributed by atoms with Gasteiger partial charge in [0.1, 0.15) is 6.04 Å². The topological polar surface area (TPSA) is 85.3 Å². The standard InChI is InChI=1S/C27H26ClNO6/c1-33-22-15-18(16-9-5-4-6-10-16)23(25(35-3)24(22)34-2)26(30)29-20(13-14-21(29)27(31)32)17-11-7-8-12-19(17)28/h4-12,15,20-21H,13-14H2,1-3H3,(H,31,32). The van der Waals surface area contributed by atoms with Gasteiger partial charge >= 0.3 is 5.97 Å². The second-order valence-electron chi connectivity index (χ2n) is 8.12. The molecule has 1 aliphatic heterocycles. The summed E-state index contributed by atoms with van der Waals surface area (Å²) in [5.74, 6) is -0.758. The van der Waals surface area contributed by atoms with Crippen LogP contribution in [0.25, 0.3) is 11.1 Å². The lowest BCUT2D eigenvalue weighted by Gasteiger charge is -2.31. The van der Waals surface area contributed by atoms with Crippen LogP contribution in [0.5, 0.6) is 17.2 Å². The number of rotatable bonds is 7. The highest BCUT2D eigenvalue weighted by atomic mass is 35.5. The minimum Gasteiger partial charge on any atom is -0.493 e. The third kappa shape index (κ3) is 4.39. The van der Waals surface area contributed by atoms with Gasteiger partial charge in [0.2, 0.25) is 5.75 Å². The van der Waals surface area contributed by atoms with Crippen LogP contribution in [0.2, 0.25) is 5.02 Å². The highest BCUT2D eigenvalue weighted by Crippen LogP contribution is 2.48. The minimum absolute atomic E-state index is 0.171. The number of carbonyl (C=O) groups excluding carboxylic acids is 1. The summed E-state index contributed by atoms with van der Waals surface area (Å²) in [4.78, 5) is 28.0. The van der Waals surface area contributed by atoms with Crippen molar-refractivity contribution < 1.29 is 28.9 Å². The van der Waals surface area contributed by atoms with Crippen LogP contribution in [0.3, 0.4) is 0 Å². The van der Waals surface area contributed by atoms with E-state index < -0.39 is 24.0 Å². The Labute approximate surface area is 208 Å². The third-order valence-corrected chi connectivity index (χ3v) is 6.64. The first kappa shape index (κ1) is 24.4. The molecule has 0 aliphatic carbocycles. The van der Waals surface area contributed by atoms with Crippen molar-refractivity contribution in [1.29, 1.82) is 0 Å². The highest BCUT2D eigenvalue weighted by Gasteiger charge is 2.44. The summed E-state index contributed by atoms with van der Waals surface area (Å²) in [7, 11) is 4.40. The molecule has 1 N–H and O–H groups in total. The van der Waals surface area contributed by atoms with Gasteiger partial charge in [-0.3, -0.25) is 4.79 Å². The molecule has 0 aromatic heterocycles. The molecule has 8 heteroatoms. The number of nitrogens with zero attached hydrogens (tertiary/aromatic N) is 1. The van der Waals surface area contributed by atoms with Crippen molar-refractivity contribution in [3.05, 3.63) is 76.8 Å². The van der Waals surface area contributed by atoms with E-state index in [0.29, 0.717) is 34.7 Å². The SMILES string of the molecule is COc1cc(-c2ccccc2)c(C(=O)N2C(C(=O)O)CCC2c2ccccc2Cl)c(OC)c1OC. The van der Waals surface area contributed by atoms with Crippen molar-refractivity contribution in [1.82, 2.24) is 4.90 Å². The fourth-order valence-electron chi connectivity index (χ4n) is 4.73. The lowest BCUT2D eigenvalue weighted by molar-refractivity contribution is -0.141. The average molecular weight is 496 g/mol. The van der Waals surface area contributed by atoms with E-state index in [0.717, 1.165) is 5.56 Å². The molecule has 1 fully saturated rings. The van der Waals surface area contributed by atoms with Crippen molar-refractivity contribution in [2.45, 2.75) is 24.9 Å². The summed E-state index contributed by atoms with van der Waals surface area (Å²) in [6, 6.07) is 16.7. The zero-order chi connectivity index (χ0) is 25.1. The van der Waals surface area contributed by atoms with Gasteiger partial charge in [-0.1, -0.05) is 60.1 Å². The third-order valence-electron chi connectivity index (χ3n) is 6.30. The molecular formula is C27H26ClNO6. The monoisotopic (exact) mass is 495 g/mol. The molecule has 1 aliphatic rings. The Balaban J connectivity index is 1.97. The van der Waals surface area contributed by atoms with Gasteiger partial charge in [0.05, 0.1) is 32.9 Å². The molecule has 35 heavy (non-hydrogen) atoms. The predicted molar refractivity (Wildman–Crippen MR) is 133 cm³/mol. The maximum absolute atomic E-state index is 14.3. The first-order valence-electron chi connectivity index (χ1n) is 11.1. The molecule has 2 atom stereocenters. The van der Waals surface area contributed by atoms with Crippen molar-refractivity contribution in [3.8, 4) is 28.4 Å². The maximum Gasteiger partial charge on any atom is 0.326 e. The number of hydrogen-bond donors (Lipinski definition) is 1. The van der Waals surface area contributed by atoms with E-state index in [9.17, 15) is 14.7 Å². The number of amides is 1. The fourth-order valence-corrected chi connectivity index (χ4v) is 4.99. The van der Waals surface area contributed by atoms with E-state index in [-0.39, 0.29) is 17.1 Å². The molecule has 3 aromatic carbocycles. The number of hydrogen-bond acceptors (Lipinski definition) is 5. The first-order chi connectivity index (χ1) is 16.9. The normalized spacial score (nSPS) is 17.2. The summed E-state index contributed by atoms with van der Waals surface area (Å²) in [6.07, 6.45) is 0.760. The smallest absolute Gasteiger partial charge is 0.326 e. The van der Waals surface area contributed by atoms with Crippen LogP contribution in [-0.2, 0) is 4.79 Å². The Morgan fingerprint density at radius 3 is 2.17 bits per heavy atom. The van der Waals surface area contributed by atoms with Crippen molar-refractivity contribution in [2.24, 2.45) is 0 Å². The Bertz CT molecular complexity index is 1250. The van der Waals surface area contributed by atoms with E-state index in [4.69, 9.17) is 25.8 Å². The van der Waals surface area contributed by atoms with Gasteiger partial charge in [0.25, 0.3) is 5.91 Å². The van der Waals surface area contributed by atoms with Gasteiger partial charge in [-0.25, -0.2) is 4.79 Å². The molecule has 0 spiro atoms. The zero-order valence-electron chi connectivity index (χ0n) is 19.7. The predicted octanol–water partition coefficient (Wildman–Crippen LogP) is 5.46. The van der Waals surface area contributed by atoms with Gasteiger partial charge in [-0.05, 0) is 36.1 Å². The van der Waals surface area contributed by atoms with Crippen molar-refractivity contribution in [2.75, 3.05) is 21.3 Å². The van der Waals surface area contributed by atoms with E-state index in [1.54, 1.807) is 18.2 Å². The summed E-state index contributed by atoms with van der Waals surface area (Å²) in [5, 5.41) is 10.5. The lowest BCUT2D eigenvalue weighted by atomic mass is 9.95. The number of aliphatic carboxylic acids is 1. The number of ether oxygens (including phenoxy) is 3. The molecule has 1 saturated heterocycles. The second kappa shape index (κ2) is 10.3. The van der Waals surface area contributed by atoms with Gasteiger partial charge < -0.3 is 24.2 Å². The number of halogens is 1. The van der Waals surface area contributed by atoms with E-state index in [1.165, 1.54) is 26.2 Å². The van der Waals surface area contributed by atoms with Crippen LogP contribution in [0.4, 0.5) is 0 Å². The zero-order valence-corrected chi connectivity index (χ0v) is 20.4. The Kier molecular flexibility index (Phi) is 7.17. The molecule has 0 radical (unpaired) electrons. The Morgan fingerprint density at radius 2 is 1.57 bits per heavy atom. The number of methoxy groups -OCH3 is 3. The summed E-state index contributed by atoms with van der Waals surface area (Å²) < 4.78 is 16.8. The van der Waals surface area contributed by atoms with Gasteiger partial charge in [0.15, 0.2) is 11.5 Å². The molecule has 2 unspecified atom stereocenters. The maximum atomic E-state index is 14.3. The quantitative estimate of drug-likeness (QED) is 0.468.